The maximum Gasteiger partial charge on any atom is 0.410 e. The predicted molar refractivity (Wildman–Crippen MR) is 88.4 cm³/mol. The summed E-state index contributed by atoms with van der Waals surface area (Å²) in [5, 5.41) is 11.7. The van der Waals surface area contributed by atoms with Gasteiger partial charge in [0.25, 0.3) is 0 Å². The van der Waals surface area contributed by atoms with Gasteiger partial charge in [0.15, 0.2) is 0 Å². The van der Waals surface area contributed by atoms with E-state index < -0.39 is 23.4 Å². The molecule has 0 aromatic carbocycles. The summed E-state index contributed by atoms with van der Waals surface area (Å²) in [4.78, 5) is 24.9. The van der Waals surface area contributed by atoms with Gasteiger partial charge in [-0.05, 0) is 54.4 Å². The zero-order valence-corrected chi connectivity index (χ0v) is 15.3. The van der Waals surface area contributed by atoms with Gasteiger partial charge in [0.2, 0.25) is 0 Å². The van der Waals surface area contributed by atoms with Crippen molar-refractivity contribution >= 4 is 12.2 Å². The van der Waals surface area contributed by atoms with Crippen molar-refractivity contribution in [3.8, 4) is 0 Å². The first-order valence-corrected chi connectivity index (χ1v) is 8.00. The predicted octanol–water partition coefficient (Wildman–Crippen LogP) is 2.52. The molecule has 0 atom stereocenters. The summed E-state index contributed by atoms with van der Waals surface area (Å²) >= 11 is 0. The van der Waals surface area contributed by atoms with Gasteiger partial charge < -0.3 is 24.8 Å². The normalized spacial score (nSPS) is 11.8. The van der Waals surface area contributed by atoms with Crippen LogP contribution in [0.1, 0.15) is 54.4 Å². The lowest BCUT2D eigenvalue weighted by atomic mass is 10.2. The van der Waals surface area contributed by atoms with Crippen molar-refractivity contribution in [2.24, 2.45) is 0 Å². The van der Waals surface area contributed by atoms with Crippen molar-refractivity contribution < 1.29 is 24.2 Å². The molecule has 0 radical (unpaired) electrons. The highest BCUT2D eigenvalue weighted by atomic mass is 16.6. The highest BCUT2D eigenvalue weighted by Gasteiger charge is 2.21. The van der Waals surface area contributed by atoms with E-state index in [1.54, 1.807) is 41.5 Å². The Morgan fingerprint density at radius 3 is 2.00 bits per heavy atom. The molecule has 136 valence electrons. The maximum absolute atomic E-state index is 12.0. The second kappa shape index (κ2) is 9.60. The Morgan fingerprint density at radius 2 is 1.52 bits per heavy atom. The minimum atomic E-state index is -0.566. The molecule has 0 saturated carbocycles. The van der Waals surface area contributed by atoms with Crippen molar-refractivity contribution in [2.45, 2.75) is 65.6 Å². The minimum absolute atomic E-state index is 0.116. The number of ether oxygens (including phenoxy) is 2. The van der Waals surface area contributed by atoms with E-state index >= 15 is 0 Å². The number of carbonyl (C=O) groups is 2. The van der Waals surface area contributed by atoms with E-state index in [9.17, 15) is 9.59 Å². The average molecular weight is 332 g/mol. The van der Waals surface area contributed by atoms with Crippen molar-refractivity contribution in [1.29, 1.82) is 0 Å². The summed E-state index contributed by atoms with van der Waals surface area (Å²) in [5.74, 6) is 0. The molecule has 7 nitrogen and oxygen atoms in total. The van der Waals surface area contributed by atoms with E-state index in [0.29, 0.717) is 25.9 Å². The second-order valence-electron chi connectivity index (χ2n) is 7.33. The fourth-order valence-electron chi connectivity index (χ4n) is 1.67. The largest absolute Gasteiger partial charge is 0.444 e. The molecule has 0 aromatic rings. The number of alkyl carbamates (subject to hydrolysis) is 1. The summed E-state index contributed by atoms with van der Waals surface area (Å²) in [6.07, 6.45) is 0.502. The van der Waals surface area contributed by atoms with Gasteiger partial charge in [-0.2, -0.15) is 0 Å². The van der Waals surface area contributed by atoms with Crippen molar-refractivity contribution in [3.05, 3.63) is 0 Å². The number of carbonyl (C=O) groups excluding carboxylic acids is 2. The van der Waals surface area contributed by atoms with Crippen LogP contribution in [-0.4, -0.2) is 59.6 Å². The lowest BCUT2D eigenvalue weighted by Crippen LogP contribution is -2.39. The van der Waals surface area contributed by atoms with Crippen LogP contribution in [0.3, 0.4) is 0 Å². The maximum atomic E-state index is 12.0. The molecule has 0 spiro atoms. The first kappa shape index (κ1) is 21.5. The molecule has 2 amide bonds. The molecule has 0 aliphatic carbocycles. The molecule has 23 heavy (non-hydrogen) atoms. The second-order valence-corrected chi connectivity index (χ2v) is 7.33. The third-order valence-corrected chi connectivity index (χ3v) is 2.54. The minimum Gasteiger partial charge on any atom is -0.444 e. The molecule has 0 aliphatic rings. The van der Waals surface area contributed by atoms with Gasteiger partial charge in [0.1, 0.15) is 11.2 Å². The zero-order valence-electron chi connectivity index (χ0n) is 15.3. The fraction of sp³-hybridized carbons (Fsp3) is 0.875. The van der Waals surface area contributed by atoms with Crippen LogP contribution in [0.2, 0.25) is 0 Å². The molecular formula is C16H32N2O5. The molecule has 2 N–H and O–H groups in total. The Hall–Kier alpha value is -1.50. The summed E-state index contributed by atoms with van der Waals surface area (Å²) in [5.41, 5.74) is -1.08. The average Bonchev–Trinajstić information content (AvgIpc) is 2.32. The Kier molecular flexibility index (Phi) is 8.97. The summed E-state index contributed by atoms with van der Waals surface area (Å²) in [7, 11) is 0. The van der Waals surface area contributed by atoms with Gasteiger partial charge in [0.05, 0.1) is 6.61 Å². The number of rotatable bonds is 7. The van der Waals surface area contributed by atoms with Crippen LogP contribution in [-0.2, 0) is 9.47 Å². The number of aliphatic hydroxyl groups is 1. The number of nitrogens with one attached hydrogen (secondary N) is 1. The first-order chi connectivity index (χ1) is 10.4. The summed E-state index contributed by atoms with van der Waals surface area (Å²) in [6.45, 7) is 11.9. The molecule has 0 heterocycles. The highest BCUT2D eigenvalue weighted by Crippen LogP contribution is 2.10. The lowest BCUT2D eigenvalue weighted by molar-refractivity contribution is 0.0214. The standard InChI is InChI=1S/C16H32N2O5/c1-15(2,3)22-13(20)17-9-7-8-10-18(11-12-19)14(21)23-16(4,5)6/h19H,7-12H2,1-6H3,(H,17,20). The molecule has 0 aromatic heterocycles. The Bertz CT molecular complexity index is 372. The van der Waals surface area contributed by atoms with E-state index in [1.165, 1.54) is 4.90 Å². The highest BCUT2D eigenvalue weighted by molar-refractivity contribution is 5.68. The number of hydrogen-bond donors (Lipinski definition) is 2. The molecule has 0 aliphatic heterocycles. The van der Waals surface area contributed by atoms with Crippen LogP contribution in [0.15, 0.2) is 0 Å². The van der Waals surface area contributed by atoms with Crippen molar-refractivity contribution in [2.75, 3.05) is 26.2 Å². The van der Waals surface area contributed by atoms with E-state index in [-0.39, 0.29) is 13.2 Å². The van der Waals surface area contributed by atoms with E-state index in [1.807, 2.05) is 0 Å². The van der Waals surface area contributed by atoms with Crippen LogP contribution in [0.4, 0.5) is 9.59 Å². The topological polar surface area (TPSA) is 88.1 Å². The number of amides is 2. The van der Waals surface area contributed by atoms with Gasteiger partial charge >= 0.3 is 12.2 Å². The molecule has 0 bridgehead atoms. The van der Waals surface area contributed by atoms with Crippen LogP contribution < -0.4 is 5.32 Å². The van der Waals surface area contributed by atoms with Gasteiger partial charge in [-0.3, -0.25) is 0 Å². The number of unbranched alkanes of at least 4 members (excludes halogenated alkanes) is 1. The zero-order chi connectivity index (χ0) is 18.1. The first-order valence-electron chi connectivity index (χ1n) is 8.00. The summed E-state index contributed by atoms with van der Waals surface area (Å²) < 4.78 is 10.4. The SMILES string of the molecule is CC(C)(C)OC(=O)NCCCCN(CCO)C(=O)OC(C)(C)C. The van der Waals surface area contributed by atoms with Gasteiger partial charge in [0, 0.05) is 19.6 Å². The Morgan fingerprint density at radius 1 is 0.957 bits per heavy atom. The van der Waals surface area contributed by atoms with Crippen LogP contribution in [0.5, 0.6) is 0 Å². The van der Waals surface area contributed by atoms with Gasteiger partial charge in [-0.15, -0.1) is 0 Å². The molecule has 0 unspecified atom stereocenters. The quantitative estimate of drug-likeness (QED) is 0.699. The molecule has 0 rings (SSSR count). The number of aliphatic hydroxyl groups excluding tert-OH is 1. The number of hydrogen-bond acceptors (Lipinski definition) is 5. The molecule has 0 saturated heterocycles. The smallest absolute Gasteiger partial charge is 0.410 e. The van der Waals surface area contributed by atoms with Crippen LogP contribution in [0.25, 0.3) is 0 Å². The molecule has 0 fully saturated rings. The Balaban J connectivity index is 4.06. The van der Waals surface area contributed by atoms with E-state index in [0.717, 1.165) is 0 Å². The lowest BCUT2D eigenvalue weighted by Gasteiger charge is -2.27. The summed E-state index contributed by atoms with van der Waals surface area (Å²) in [6, 6.07) is 0. The van der Waals surface area contributed by atoms with Crippen molar-refractivity contribution in [1.82, 2.24) is 10.2 Å². The van der Waals surface area contributed by atoms with Crippen LogP contribution >= 0.6 is 0 Å². The Labute approximate surface area is 139 Å². The van der Waals surface area contributed by atoms with Gasteiger partial charge in [-0.1, -0.05) is 0 Å². The third kappa shape index (κ3) is 12.7. The van der Waals surface area contributed by atoms with Crippen molar-refractivity contribution in [3.63, 3.8) is 0 Å². The monoisotopic (exact) mass is 332 g/mol. The molecule has 7 heteroatoms. The molecular weight excluding hydrogens is 300 g/mol. The van der Waals surface area contributed by atoms with E-state index in [4.69, 9.17) is 14.6 Å². The van der Waals surface area contributed by atoms with Gasteiger partial charge in [-0.25, -0.2) is 9.59 Å². The van der Waals surface area contributed by atoms with Crippen LogP contribution in [0, 0.1) is 0 Å². The van der Waals surface area contributed by atoms with E-state index in [2.05, 4.69) is 5.32 Å². The fourth-order valence-corrected chi connectivity index (χ4v) is 1.67. The number of nitrogens with zero attached hydrogens (tertiary/aromatic N) is 1. The third-order valence-electron chi connectivity index (χ3n) is 2.54.